The highest BCUT2D eigenvalue weighted by Gasteiger charge is 2.21. The number of nitrogens with two attached hydrogens (primary N) is 1. The number of carbonyl (C=O) groups excluding carboxylic acids is 1. The van der Waals surface area contributed by atoms with Crippen LogP contribution in [0.25, 0.3) is 0 Å². The van der Waals surface area contributed by atoms with Gasteiger partial charge in [-0.05, 0) is 27.7 Å². The minimum Gasteiger partial charge on any atom is -0.381 e. The quantitative estimate of drug-likeness (QED) is 0.830. The summed E-state index contributed by atoms with van der Waals surface area (Å²) in [5.74, 6) is 0.115. The molecule has 0 aliphatic heterocycles. The van der Waals surface area contributed by atoms with Gasteiger partial charge in [-0.2, -0.15) is 5.10 Å². The number of halogens is 1. The lowest BCUT2D eigenvalue weighted by atomic mass is 10.1. The highest BCUT2D eigenvalue weighted by molar-refractivity contribution is 6.32. The van der Waals surface area contributed by atoms with Crippen molar-refractivity contribution in [2.45, 2.75) is 39.3 Å². The van der Waals surface area contributed by atoms with Gasteiger partial charge in [0.05, 0.1) is 0 Å². The highest BCUT2D eigenvalue weighted by Crippen LogP contribution is 2.18. The van der Waals surface area contributed by atoms with Gasteiger partial charge < -0.3 is 11.1 Å². The summed E-state index contributed by atoms with van der Waals surface area (Å²) in [5, 5.41) is 7.18. The van der Waals surface area contributed by atoms with Crippen LogP contribution < -0.4 is 11.1 Å². The normalized spacial score (nSPS) is 13.6. The second-order valence-corrected chi connectivity index (χ2v) is 5.16. The van der Waals surface area contributed by atoms with Crippen molar-refractivity contribution in [1.29, 1.82) is 0 Å². The van der Waals surface area contributed by atoms with Crippen LogP contribution >= 0.6 is 11.6 Å². The van der Waals surface area contributed by atoms with Crippen molar-refractivity contribution in [3.63, 3.8) is 0 Å². The van der Waals surface area contributed by atoms with E-state index in [9.17, 15) is 4.79 Å². The summed E-state index contributed by atoms with van der Waals surface area (Å²) < 4.78 is 1.46. The summed E-state index contributed by atoms with van der Waals surface area (Å²) in [6.45, 7) is 7.50. The third-order valence-electron chi connectivity index (χ3n) is 1.99. The van der Waals surface area contributed by atoms with Gasteiger partial charge in [0.25, 0.3) is 0 Å². The molecule has 0 aliphatic rings. The Labute approximate surface area is 99.9 Å². The minimum atomic E-state index is -0.436. The van der Waals surface area contributed by atoms with Crippen molar-refractivity contribution in [3.05, 3.63) is 11.2 Å². The number of nitrogen functional groups attached to an aromatic ring is 1. The van der Waals surface area contributed by atoms with Crippen molar-refractivity contribution in [1.82, 2.24) is 15.1 Å². The molecule has 0 aliphatic carbocycles. The van der Waals surface area contributed by atoms with E-state index in [-0.39, 0.29) is 17.3 Å². The molecule has 1 amide bonds. The number of anilines is 1. The Morgan fingerprint density at radius 3 is 2.56 bits per heavy atom. The second kappa shape index (κ2) is 4.33. The van der Waals surface area contributed by atoms with E-state index in [1.165, 1.54) is 4.68 Å². The minimum absolute atomic E-state index is 0.119. The fourth-order valence-electron chi connectivity index (χ4n) is 1.18. The predicted octanol–water partition coefficient (Wildman–Crippen LogP) is 1.59. The molecule has 1 unspecified atom stereocenters. The van der Waals surface area contributed by atoms with Gasteiger partial charge in [0.2, 0.25) is 5.91 Å². The molecule has 1 atom stereocenters. The van der Waals surface area contributed by atoms with Crippen LogP contribution in [0.2, 0.25) is 5.02 Å². The number of rotatable bonds is 2. The zero-order valence-corrected chi connectivity index (χ0v) is 10.7. The van der Waals surface area contributed by atoms with Gasteiger partial charge in [0.15, 0.2) is 5.82 Å². The van der Waals surface area contributed by atoms with Gasteiger partial charge in [-0.25, -0.2) is 0 Å². The number of aromatic nitrogens is 2. The molecule has 0 spiro atoms. The van der Waals surface area contributed by atoms with Gasteiger partial charge in [-0.3, -0.25) is 9.48 Å². The van der Waals surface area contributed by atoms with Crippen molar-refractivity contribution in [2.24, 2.45) is 0 Å². The first-order valence-corrected chi connectivity index (χ1v) is 5.40. The average Bonchev–Trinajstić information content (AvgIpc) is 2.43. The molecule has 5 nitrogen and oxygen atoms in total. The Balaban J connectivity index is 2.78. The van der Waals surface area contributed by atoms with Crippen molar-refractivity contribution in [3.8, 4) is 0 Å². The number of nitrogens with zero attached hydrogens (tertiary/aromatic N) is 2. The maximum absolute atomic E-state index is 11.8. The first kappa shape index (κ1) is 12.8. The molecule has 1 rings (SSSR count). The molecule has 0 radical (unpaired) electrons. The fraction of sp³-hybridized carbons (Fsp3) is 0.600. The Kier molecular flexibility index (Phi) is 3.48. The SMILES string of the molecule is CC(C(=O)NC(C)(C)C)n1cc(Cl)c(N)n1. The number of nitrogens with one attached hydrogen (secondary N) is 1. The standard InChI is InChI=1S/C10H17ClN4O/c1-6(9(16)13-10(2,3)4)15-5-7(11)8(12)14-15/h5-6H,1-4H3,(H2,12,14)(H,13,16). The molecule has 0 saturated heterocycles. The predicted molar refractivity (Wildman–Crippen MR) is 64.3 cm³/mol. The number of hydrogen-bond donors (Lipinski definition) is 2. The van der Waals surface area contributed by atoms with Crippen LogP contribution in [0.1, 0.15) is 33.7 Å². The van der Waals surface area contributed by atoms with Gasteiger partial charge >= 0.3 is 0 Å². The van der Waals surface area contributed by atoms with E-state index in [4.69, 9.17) is 17.3 Å². The van der Waals surface area contributed by atoms with Crippen LogP contribution in [-0.2, 0) is 4.79 Å². The smallest absolute Gasteiger partial charge is 0.244 e. The van der Waals surface area contributed by atoms with Gasteiger partial charge in [0.1, 0.15) is 11.1 Å². The van der Waals surface area contributed by atoms with E-state index in [1.807, 2.05) is 20.8 Å². The van der Waals surface area contributed by atoms with Crippen molar-refractivity contribution >= 4 is 23.3 Å². The van der Waals surface area contributed by atoms with Crippen LogP contribution in [0.15, 0.2) is 6.20 Å². The molecule has 1 aromatic heterocycles. The van der Waals surface area contributed by atoms with Crippen LogP contribution in [0.4, 0.5) is 5.82 Å². The Morgan fingerprint density at radius 2 is 2.19 bits per heavy atom. The summed E-state index contributed by atoms with van der Waals surface area (Å²) in [6.07, 6.45) is 1.55. The summed E-state index contributed by atoms with van der Waals surface area (Å²) in [4.78, 5) is 11.8. The zero-order chi connectivity index (χ0) is 12.5. The maximum Gasteiger partial charge on any atom is 0.244 e. The van der Waals surface area contributed by atoms with E-state index >= 15 is 0 Å². The van der Waals surface area contributed by atoms with Crippen molar-refractivity contribution in [2.75, 3.05) is 5.73 Å². The van der Waals surface area contributed by atoms with Crippen LogP contribution in [0, 0.1) is 0 Å². The molecule has 90 valence electrons. The van der Waals surface area contributed by atoms with Crippen LogP contribution in [0.3, 0.4) is 0 Å². The Hall–Kier alpha value is -1.23. The van der Waals surface area contributed by atoms with Gasteiger partial charge in [0, 0.05) is 11.7 Å². The first-order valence-electron chi connectivity index (χ1n) is 5.03. The third kappa shape index (κ3) is 3.13. The molecule has 1 aromatic rings. The lowest BCUT2D eigenvalue weighted by Gasteiger charge is -2.23. The van der Waals surface area contributed by atoms with Gasteiger partial charge in [-0.15, -0.1) is 0 Å². The largest absolute Gasteiger partial charge is 0.381 e. The summed E-state index contributed by atoms with van der Waals surface area (Å²) in [6, 6.07) is -0.436. The van der Waals surface area contributed by atoms with Crippen molar-refractivity contribution < 1.29 is 4.79 Å². The number of carbonyl (C=O) groups is 1. The molecule has 3 N–H and O–H groups in total. The summed E-state index contributed by atoms with van der Waals surface area (Å²) in [5.41, 5.74) is 5.24. The van der Waals surface area contributed by atoms with Gasteiger partial charge in [-0.1, -0.05) is 11.6 Å². The zero-order valence-electron chi connectivity index (χ0n) is 9.91. The van der Waals surface area contributed by atoms with E-state index in [1.54, 1.807) is 13.1 Å². The lowest BCUT2D eigenvalue weighted by Crippen LogP contribution is -2.43. The van der Waals surface area contributed by atoms with E-state index < -0.39 is 6.04 Å². The molecule has 6 heteroatoms. The number of amides is 1. The summed E-state index contributed by atoms with van der Waals surface area (Å²) in [7, 11) is 0. The lowest BCUT2D eigenvalue weighted by molar-refractivity contribution is -0.125. The van der Waals surface area contributed by atoms with E-state index in [0.29, 0.717) is 5.02 Å². The van der Waals surface area contributed by atoms with Crippen LogP contribution in [0.5, 0.6) is 0 Å². The molecular formula is C10H17ClN4O. The highest BCUT2D eigenvalue weighted by atomic mass is 35.5. The summed E-state index contributed by atoms with van der Waals surface area (Å²) >= 11 is 5.77. The fourth-order valence-corrected chi connectivity index (χ4v) is 1.31. The molecular weight excluding hydrogens is 228 g/mol. The van der Waals surface area contributed by atoms with E-state index in [0.717, 1.165) is 0 Å². The number of hydrogen-bond acceptors (Lipinski definition) is 3. The molecule has 0 fully saturated rings. The van der Waals surface area contributed by atoms with E-state index in [2.05, 4.69) is 10.4 Å². The average molecular weight is 245 g/mol. The molecule has 1 heterocycles. The first-order chi connectivity index (χ1) is 7.20. The molecule has 16 heavy (non-hydrogen) atoms. The molecule has 0 saturated carbocycles. The maximum atomic E-state index is 11.8. The molecule has 0 bridgehead atoms. The Bertz CT molecular complexity index is 375. The third-order valence-corrected chi connectivity index (χ3v) is 2.28. The Morgan fingerprint density at radius 1 is 1.62 bits per heavy atom. The monoisotopic (exact) mass is 244 g/mol. The second-order valence-electron chi connectivity index (χ2n) is 4.76. The molecule has 0 aromatic carbocycles. The topological polar surface area (TPSA) is 72.9 Å². The van der Waals surface area contributed by atoms with Crippen LogP contribution in [-0.4, -0.2) is 21.2 Å².